The quantitative estimate of drug-likeness (QED) is 0.857. The van der Waals surface area contributed by atoms with E-state index in [0.717, 1.165) is 30.5 Å². The Hall–Kier alpha value is -0.990. The van der Waals surface area contributed by atoms with Gasteiger partial charge in [0.2, 0.25) is 0 Å². The first-order valence-corrected chi connectivity index (χ1v) is 6.62. The second-order valence-corrected chi connectivity index (χ2v) is 6.09. The smallest absolute Gasteiger partial charge is 0.270 e. The minimum Gasteiger partial charge on any atom is -0.299 e. The van der Waals surface area contributed by atoms with Crippen LogP contribution in [0.1, 0.15) is 71.7 Å². The fourth-order valence-electron chi connectivity index (χ4n) is 2.17. The molecule has 0 saturated heterocycles. The molecule has 3 heteroatoms. The van der Waals surface area contributed by atoms with Gasteiger partial charge in [-0.1, -0.05) is 34.1 Å². The summed E-state index contributed by atoms with van der Waals surface area (Å²) < 4.78 is 1.76. The van der Waals surface area contributed by atoms with Crippen LogP contribution in [0.25, 0.3) is 0 Å². The number of nitrogens with one attached hydrogen (secondary N) is 1. The summed E-state index contributed by atoms with van der Waals surface area (Å²) in [5, 5.41) is 3.30. The topological polar surface area (TPSA) is 37.8 Å². The molecular formula is C14H26N2O. The molecule has 0 aliphatic carbocycles. The Balaban J connectivity index is 3.28. The van der Waals surface area contributed by atoms with Crippen LogP contribution >= 0.6 is 0 Å². The van der Waals surface area contributed by atoms with Crippen molar-refractivity contribution in [3.8, 4) is 0 Å². The van der Waals surface area contributed by atoms with Gasteiger partial charge in [0, 0.05) is 17.3 Å². The maximum absolute atomic E-state index is 12.4. The van der Waals surface area contributed by atoms with Crippen molar-refractivity contribution in [2.75, 3.05) is 0 Å². The van der Waals surface area contributed by atoms with Gasteiger partial charge in [-0.3, -0.25) is 14.6 Å². The zero-order valence-corrected chi connectivity index (χ0v) is 12.1. The zero-order chi connectivity index (χ0) is 13.2. The molecule has 1 aromatic heterocycles. The predicted octanol–water partition coefficient (Wildman–Crippen LogP) is 3.40. The van der Waals surface area contributed by atoms with Gasteiger partial charge >= 0.3 is 0 Å². The first-order valence-electron chi connectivity index (χ1n) is 6.62. The highest BCUT2D eigenvalue weighted by Crippen LogP contribution is 2.23. The van der Waals surface area contributed by atoms with E-state index in [0.29, 0.717) is 0 Å². The van der Waals surface area contributed by atoms with Crippen molar-refractivity contribution in [1.29, 1.82) is 0 Å². The highest BCUT2D eigenvalue weighted by atomic mass is 16.1. The maximum atomic E-state index is 12.4. The SMILES string of the molecule is CCCCc1[nH]n(C(C)C)c(=O)c1C(C)(C)C. The van der Waals surface area contributed by atoms with Crippen molar-refractivity contribution in [3.63, 3.8) is 0 Å². The average Bonchev–Trinajstić information content (AvgIpc) is 2.51. The van der Waals surface area contributed by atoms with Crippen molar-refractivity contribution in [2.45, 2.75) is 72.3 Å². The number of aromatic amines is 1. The molecule has 3 nitrogen and oxygen atoms in total. The Morgan fingerprint density at radius 2 is 1.88 bits per heavy atom. The monoisotopic (exact) mass is 238 g/mol. The number of aromatic nitrogens is 2. The normalized spacial score (nSPS) is 12.4. The third-order valence-electron chi connectivity index (χ3n) is 3.04. The van der Waals surface area contributed by atoms with Crippen LogP contribution in [0, 0.1) is 0 Å². The van der Waals surface area contributed by atoms with Gasteiger partial charge in [-0.05, 0) is 32.1 Å². The van der Waals surface area contributed by atoms with Gasteiger partial charge in [0.15, 0.2) is 0 Å². The lowest BCUT2D eigenvalue weighted by molar-refractivity contribution is 0.506. The van der Waals surface area contributed by atoms with Crippen molar-refractivity contribution >= 4 is 0 Å². The Labute approximate surface area is 104 Å². The molecule has 0 unspecified atom stereocenters. The lowest BCUT2D eigenvalue weighted by Gasteiger charge is -2.17. The van der Waals surface area contributed by atoms with Crippen LogP contribution in [0.2, 0.25) is 0 Å². The summed E-state index contributed by atoms with van der Waals surface area (Å²) in [6, 6.07) is 0.193. The first-order chi connectivity index (χ1) is 7.79. The third-order valence-corrected chi connectivity index (χ3v) is 3.04. The number of H-pyrrole nitrogens is 1. The fraction of sp³-hybridized carbons (Fsp3) is 0.786. The van der Waals surface area contributed by atoms with Crippen molar-refractivity contribution < 1.29 is 0 Å². The molecule has 0 aromatic carbocycles. The van der Waals surface area contributed by atoms with Gasteiger partial charge in [0.05, 0.1) is 0 Å². The average molecular weight is 238 g/mol. The highest BCUT2D eigenvalue weighted by molar-refractivity contribution is 5.25. The molecular weight excluding hydrogens is 212 g/mol. The van der Waals surface area contributed by atoms with Crippen LogP contribution in [0.4, 0.5) is 0 Å². The molecule has 0 aliphatic rings. The summed E-state index contributed by atoms with van der Waals surface area (Å²) in [6.45, 7) is 12.6. The van der Waals surface area contributed by atoms with Crippen LogP contribution < -0.4 is 5.56 Å². The van der Waals surface area contributed by atoms with Gasteiger partial charge in [0.1, 0.15) is 0 Å². The van der Waals surface area contributed by atoms with E-state index < -0.39 is 0 Å². The Morgan fingerprint density at radius 3 is 2.29 bits per heavy atom. The molecule has 0 aliphatic heterocycles. The molecule has 0 atom stereocenters. The predicted molar refractivity (Wildman–Crippen MR) is 72.7 cm³/mol. The minimum absolute atomic E-state index is 0.0865. The van der Waals surface area contributed by atoms with Crippen molar-refractivity contribution in [3.05, 3.63) is 21.6 Å². The lowest BCUT2D eigenvalue weighted by atomic mass is 9.86. The number of aryl methyl sites for hydroxylation is 1. The van der Waals surface area contributed by atoms with E-state index in [1.165, 1.54) is 0 Å². The maximum Gasteiger partial charge on any atom is 0.270 e. The van der Waals surface area contributed by atoms with E-state index in [1.54, 1.807) is 4.68 Å². The van der Waals surface area contributed by atoms with E-state index in [2.05, 4.69) is 32.8 Å². The molecule has 0 saturated carbocycles. The molecule has 17 heavy (non-hydrogen) atoms. The standard InChI is InChI=1S/C14H26N2O/c1-7-8-9-11-12(14(4,5)6)13(17)16(15-11)10(2)3/h10,15H,7-9H2,1-6H3. The van der Waals surface area contributed by atoms with E-state index in [9.17, 15) is 4.79 Å². The van der Waals surface area contributed by atoms with Gasteiger partial charge in [-0.15, -0.1) is 0 Å². The molecule has 1 aromatic rings. The van der Waals surface area contributed by atoms with Crippen LogP contribution in [0.5, 0.6) is 0 Å². The summed E-state index contributed by atoms with van der Waals surface area (Å²) in [5.74, 6) is 0. The van der Waals surface area contributed by atoms with Crippen molar-refractivity contribution in [1.82, 2.24) is 9.78 Å². The number of hydrogen-bond acceptors (Lipinski definition) is 1. The molecule has 0 bridgehead atoms. The molecule has 1 rings (SSSR count). The number of nitrogens with zero attached hydrogens (tertiary/aromatic N) is 1. The van der Waals surface area contributed by atoms with Crippen LogP contribution in [0.3, 0.4) is 0 Å². The lowest BCUT2D eigenvalue weighted by Crippen LogP contribution is -2.27. The van der Waals surface area contributed by atoms with E-state index in [4.69, 9.17) is 0 Å². The molecule has 0 fully saturated rings. The second-order valence-electron chi connectivity index (χ2n) is 6.09. The summed E-state index contributed by atoms with van der Waals surface area (Å²) in [5.41, 5.74) is 2.15. The number of unbranched alkanes of at least 4 members (excludes halogenated alkanes) is 1. The van der Waals surface area contributed by atoms with Gasteiger partial charge in [0.25, 0.3) is 5.56 Å². The van der Waals surface area contributed by atoms with E-state index in [1.807, 2.05) is 13.8 Å². The molecule has 1 N–H and O–H groups in total. The molecule has 0 spiro atoms. The minimum atomic E-state index is -0.0865. The van der Waals surface area contributed by atoms with E-state index in [-0.39, 0.29) is 17.0 Å². The number of hydrogen-bond donors (Lipinski definition) is 1. The summed E-state index contributed by atoms with van der Waals surface area (Å²) in [4.78, 5) is 12.4. The second kappa shape index (κ2) is 5.11. The summed E-state index contributed by atoms with van der Waals surface area (Å²) in [6.07, 6.45) is 3.25. The van der Waals surface area contributed by atoms with E-state index >= 15 is 0 Å². The summed E-state index contributed by atoms with van der Waals surface area (Å²) >= 11 is 0. The van der Waals surface area contributed by atoms with Crippen LogP contribution in [-0.2, 0) is 11.8 Å². The Kier molecular flexibility index (Phi) is 4.23. The van der Waals surface area contributed by atoms with Gasteiger partial charge in [-0.25, -0.2) is 0 Å². The highest BCUT2D eigenvalue weighted by Gasteiger charge is 2.25. The third kappa shape index (κ3) is 3.02. The molecule has 0 radical (unpaired) electrons. The fourth-order valence-corrected chi connectivity index (χ4v) is 2.17. The van der Waals surface area contributed by atoms with Gasteiger partial charge in [-0.2, -0.15) is 0 Å². The molecule has 1 heterocycles. The number of rotatable bonds is 4. The first kappa shape index (κ1) is 14.1. The van der Waals surface area contributed by atoms with Crippen LogP contribution in [-0.4, -0.2) is 9.78 Å². The summed E-state index contributed by atoms with van der Waals surface area (Å²) in [7, 11) is 0. The largest absolute Gasteiger partial charge is 0.299 e. The Bertz CT molecular complexity index is 418. The zero-order valence-electron chi connectivity index (χ0n) is 12.1. The molecule has 98 valence electrons. The Morgan fingerprint density at radius 1 is 1.29 bits per heavy atom. The van der Waals surface area contributed by atoms with Crippen LogP contribution in [0.15, 0.2) is 4.79 Å². The van der Waals surface area contributed by atoms with Crippen molar-refractivity contribution in [2.24, 2.45) is 0 Å². The molecule has 0 amide bonds. The van der Waals surface area contributed by atoms with Gasteiger partial charge < -0.3 is 0 Å².